The van der Waals surface area contributed by atoms with Crippen molar-refractivity contribution in [2.24, 2.45) is 0 Å². The summed E-state index contributed by atoms with van der Waals surface area (Å²) in [5.41, 5.74) is 2.32. The van der Waals surface area contributed by atoms with Crippen LogP contribution in [-0.2, 0) is 6.42 Å². The third-order valence-electron chi connectivity index (χ3n) is 2.80. The summed E-state index contributed by atoms with van der Waals surface area (Å²) < 4.78 is 0. The zero-order valence-corrected chi connectivity index (χ0v) is 9.90. The van der Waals surface area contributed by atoms with Crippen molar-refractivity contribution in [3.8, 4) is 0 Å². The van der Waals surface area contributed by atoms with E-state index in [2.05, 4.69) is 30.9 Å². The van der Waals surface area contributed by atoms with Crippen molar-refractivity contribution in [3.63, 3.8) is 0 Å². The number of nitrogens with zero attached hydrogens (tertiary/aromatic N) is 1. The normalized spacial score (nSPS) is 13.1. The van der Waals surface area contributed by atoms with Crippen molar-refractivity contribution < 1.29 is 5.11 Å². The summed E-state index contributed by atoms with van der Waals surface area (Å²) in [5.74, 6) is 0. The SMILES string of the molecule is CCc1ccc(C(O)CN(C)CC)cc1. The molecule has 15 heavy (non-hydrogen) atoms. The quantitative estimate of drug-likeness (QED) is 0.800. The molecule has 1 aromatic rings. The summed E-state index contributed by atoms with van der Waals surface area (Å²) in [6.07, 6.45) is 0.673. The van der Waals surface area contributed by atoms with Gasteiger partial charge in [-0.05, 0) is 31.1 Å². The molecule has 1 aromatic carbocycles. The monoisotopic (exact) mass is 207 g/mol. The van der Waals surface area contributed by atoms with Crippen LogP contribution >= 0.6 is 0 Å². The minimum atomic E-state index is -0.374. The van der Waals surface area contributed by atoms with E-state index in [-0.39, 0.29) is 6.10 Å². The van der Waals surface area contributed by atoms with Crippen LogP contribution in [0.2, 0.25) is 0 Å². The molecule has 0 spiro atoms. The van der Waals surface area contributed by atoms with Crippen LogP contribution in [0.5, 0.6) is 0 Å². The summed E-state index contributed by atoms with van der Waals surface area (Å²) in [5, 5.41) is 9.94. The van der Waals surface area contributed by atoms with E-state index in [1.165, 1.54) is 5.56 Å². The number of benzene rings is 1. The molecule has 2 nitrogen and oxygen atoms in total. The molecular weight excluding hydrogens is 186 g/mol. The van der Waals surface area contributed by atoms with Crippen molar-refractivity contribution in [1.82, 2.24) is 4.90 Å². The summed E-state index contributed by atoms with van der Waals surface area (Å²) in [6, 6.07) is 8.22. The number of aliphatic hydroxyl groups excluding tert-OH is 1. The molecule has 0 aliphatic carbocycles. The molecule has 2 heteroatoms. The van der Waals surface area contributed by atoms with Gasteiger partial charge in [-0.25, -0.2) is 0 Å². The Bertz CT molecular complexity index is 281. The molecule has 0 aromatic heterocycles. The Labute approximate surface area is 92.5 Å². The second kappa shape index (κ2) is 5.89. The smallest absolute Gasteiger partial charge is 0.0916 e. The second-order valence-corrected chi connectivity index (χ2v) is 3.97. The van der Waals surface area contributed by atoms with Crippen LogP contribution in [0.15, 0.2) is 24.3 Å². The van der Waals surface area contributed by atoms with E-state index in [9.17, 15) is 5.11 Å². The Kier molecular flexibility index (Phi) is 4.79. The number of aryl methyl sites for hydroxylation is 1. The van der Waals surface area contributed by atoms with Crippen LogP contribution in [0.1, 0.15) is 31.1 Å². The minimum absolute atomic E-state index is 0.374. The van der Waals surface area contributed by atoms with Gasteiger partial charge in [0.25, 0.3) is 0 Å². The highest BCUT2D eigenvalue weighted by atomic mass is 16.3. The van der Waals surface area contributed by atoms with E-state index in [0.29, 0.717) is 6.54 Å². The minimum Gasteiger partial charge on any atom is -0.387 e. The van der Waals surface area contributed by atoms with Gasteiger partial charge in [-0.2, -0.15) is 0 Å². The Morgan fingerprint density at radius 1 is 1.20 bits per heavy atom. The third kappa shape index (κ3) is 3.65. The van der Waals surface area contributed by atoms with Crippen LogP contribution < -0.4 is 0 Å². The molecule has 0 amide bonds. The van der Waals surface area contributed by atoms with Gasteiger partial charge in [0.15, 0.2) is 0 Å². The Balaban J connectivity index is 2.61. The lowest BCUT2D eigenvalue weighted by Crippen LogP contribution is -2.24. The van der Waals surface area contributed by atoms with E-state index in [1.54, 1.807) is 0 Å². The Morgan fingerprint density at radius 3 is 2.27 bits per heavy atom. The number of hydrogen-bond acceptors (Lipinski definition) is 2. The lowest BCUT2D eigenvalue weighted by Gasteiger charge is -2.19. The highest BCUT2D eigenvalue weighted by molar-refractivity contribution is 5.24. The van der Waals surface area contributed by atoms with Crippen molar-refractivity contribution in [3.05, 3.63) is 35.4 Å². The molecule has 1 atom stereocenters. The molecule has 0 fully saturated rings. The van der Waals surface area contributed by atoms with Gasteiger partial charge in [0.2, 0.25) is 0 Å². The van der Waals surface area contributed by atoms with Crippen LogP contribution in [0.4, 0.5) is 0 Å². The van der Waals surface area contributed by atoms with Crippen molar-refractivity contribution in [2.45, 2.75) is 26.4 Å². The zero-order chi connectivity index (χ0) is 11.3. The molecule has 0 heterocycles. The van der Waals surface area contributed by atoms with Crippen LogP contribution in [0.3, 0.4) is 0 Å². The molecule has 1 N–H and O–H groups in total. The first kappa shape index (κ1) is 12.2. The molecule has 1 unspecified atom stereocenters. The number of aliphatic hydroxyl groups is 1. The lowest BCUT2D eigenvalue weighted by atomic mass is 10.1. The predicted molar refractivity (Wildman–Crippen MR) is 64.0 cm³/mol. The van der Waals surface area contributed by atoms with E-state index in [0.717, 1.165) is 18.5 Å². The predicted octanol–water partition coefficient (Wildman–Crippen LogP) is 2.23. The van der Waals surface area contributed by atoms with Crippen molar-refractivity contribution in [1.29, 1.82) is 0 Å². The van der Waals surface area contributed by atoms with Gasteiger partial charge in [-0.3, -0.25) is 0 Å². The fraction of sp³-hybridized carbons (Fsp3) is 0.538. The van der Waals surface area contributed by atoms with E-state index in [1.807, 2.05) is 19.2 Å². The van der Waals surface area contributed by atoms with Gasteiger partial charge in [-0.15, -0.1) is 0 Å². The number of hydrogen-bond donors (Lipinski definition) is 1. The van der Waals surface area contributed by atoms with E-state index in [4.69, 9.17) is 0 Å². The summed E-state index contributed by atoms with van der Waals surface area (Å²) >= 11 is 0. The second-order valence-electron chi connectivity index (χ2n) is 3.97. The fourth-order valence-electron chi connectivity index (χ4n) is 1.51. The maximum absolute atomic E-state index is 9.94. The topological polar surface area (TPSA) is 23.5 Å². The molecule has 0 bridgehead atoms. The van der Waals surface area contributed by atoms with Crippen LogP contribution in [0.25, 0.3) is 0 Å². The number of rotatable bonds is 5. The molecule has 0 saturated heterocycles. The maximum atomic E-state index is 9.94. The molecule has 0 saturated carbocycles. The number of likely N-dealkylation sites (N-methyl/N-ethyl adjacent to an activating group) is 1. The molecule has 84 valence electrons. The highest BCUT2D eigenvalue weighted by Crippen LogP contribution is 2.14. The molecule has 0 aliphatic rings. The van der Waals surface area contributed by atoms with Gasteiger partial charge in [0, 0.05) is 6.54 Å². The third-order valence-corrected chi connectivity index (χ3v) is 2.80. The van der Waals surface area contributed by atoms with Gasteiger partial charge in [0.1, 0.15) is 0 Å². The Morgan fingerprint density at radius 2 is 1.80 bits per heavy atom. The van der Waals surface area contributed by atoms with E-state index >= 15 is 0 Å². The largest absolute Gasteiger partial charge is 0.387 e. The van der Waals surface area contributed by atoms with Gasteiger partial charge in [-0.1, -0.05) is 38.1 Å². The van der Waals surface area contributed by atoms with Crippen molar-refractivity contribution in [2.75, 3.05) is 20.1 Å². The highest BCUT2D eigenvalue weighted by Gasteiger charge is 2.08. The van der Waals surface area contributed by atoms with Crippen LogP contribution in [0, 0.1) is 0 Å². The molecule has 0 radical (unpaired) electrons. The van der Waals surface area contributed by atoms with Gasteiger partial charge < -0.3 is 10.0 Å². The molecular formula is C13H21NO. The first-order chi connectivity index (χ1) is 7.17. The first-order valence-electron chi connectivity index (χ1n) is 5.62. The summed E-state index contributed by atoms with van der Waals surface area (Å²) in [6.45, 7) is 5.88. The average Bonchev–Trinajstić information content (AvgIpc) is 2.29. The standard InChI is InChI=1S/C13H21NO/c1-4-11-6-8-12(9-7-11)13(15)10-14(3)5-2/h6-9,13,15H,4-5,10H2,1-3H3. The molecule has 0 aliphatic heterocycles. The van der Waals surface area contributed by atoms with Crippen molar-refractivity contribution >= 4 is 0 Å². The Hall–Kier alpha value is -0.860. The molecule has 1 rings (SSSR count). The zero-order valence-electron chi connectivity index (χ0n) is 9.90. The van der Waals surface area contributed by atoms with Gasteiger partial charge in [0.05, 0.1) is 6.10 Å². The fourth-order valence-corrected chi connectivity index (χ4v) is 1.51. The van der Waals surface area contributed by atoms with Gasteiger partial charge >= 0.3 is 0 Å². The maximum Gasteiger partial charge on any atom is 0.0916 e. The van der Waals surface area contributed by atoms with E-state index < -0.39 is 0 Å². The first-order valence-corrected chi connectivity index (χ1v) is 5.62. The van der Waals surface area contributed by atoms with Crippen LogP contribution in [-0.4, -0.2) is 30.1 Å². The summed E-state index contributed by atoms with van der Waals surface area (Å²) in [4.78, 5) is 2.11. The summed E-state index contributed by atoms with van der Waals surface area (Å²) in [7, 11) is 2.02. The lowest BCUT2D eigenvalue weighted by molar-refractivity contribution is 0.129. The average molecular weight is 207 g/mol.